The number of carboxylic acids is 1. The highest BCUT2D eigenvalue weighted by Gasteiger charge is 2.24. The molecule has 3 rings (SSSR count). The molecule has 1 atom stereocenters. The van der Waals surface area contributed by atoms with Crippen molar-refractivity contribution in [2.24, 2.45) is 0 Å². The third kappa shape index (κ3) is 2.81. The van der Waals surface area contributed by atoms with Crippen LogP contribution in [-0.2, 0) is 6.42 Å². The maximum Gasteiger partial charge on any atom is 0.341 e. The van der Waals surface area contributed by atoms with Crippen LogP contribution in [0.3, 0.4) is 0 Å². The molecule has 0 aromatic heterocycles. The standard InChI is InChI=1S/C16H13ClO4/c17-12-5-3-7-14(15(12)16(18)19)20-9-11-8-10-4-1-2-6-13(10)21-11/h1-7,11H,8-9H2,(H,18,19). The van der Waals surface area contributed by atoms with Gasteiger partial charge in [-0.15, -0.1) is 0 Å². The van der Waals surface area contributed by atoms with Crippen LogP contribution in [0.25, 0.3) is 0 Å². The van der Waals surface area contributed by atoms with Gasteiger partial charge in [0.15, 0.2) is 0 Å². The first kappa shape index (κ1) is 13.8. The molecule has 1 aliphatic heterocycles. The van der Waals surface area contributed by atoms with Crippen molar-refractivity contribution in [3.8, 4) is 11.5 Å². The van der Waals surface area contributed by atoms with Crippen molar-refractivity contribution in [2.75, 3.05) is 6.61 Å². The van der Waals surface area contributed by atoms with Gasteiger partial charge in [0.2, 0.25) is 0 Å². The normalized spacial score (nSPS) is 16.1. The number of rotatable bonds is 4. The molecule has 108 valence electrons. The molecule has 2 aromatic carbocycles. The molecule has 1 N–H and O–H groups in total. The molecular formula is C16H13ClO4. The van der Waals surface area contributed by atoms with E-state index in [9.17, 15) is 9.90 Å². The summed E-state index contributed by atoms with van der Waals surface area (Å²) in [4.78, 5) is 11.2. The predicted octanol–water partition coefficient (Wildman–Crippen LogP) is 3.42. The van der Waals surface area contributed by atoms with Crippen LogP contribution in [0.1, 0.15) is 15.9 Å². The number of halogens is 1. The second-order valence-electron chi connectivity index (χ2n) is 4.78. The van der Waals surface area contributed by atoms with Gasteiger partial charge in [0.25, 0.3) is 0 Å². The Kier molecular flexibility index (Phi) is 3.71. The maximum atomic E-state index is 11.2. The van der Waals surface area contributed by atoms with Crippen LogP contribution in [-0.4, -0.2) is 23.8 Å². The number of para-hydroxylation sites is 1. The van der Waals surface area contributed by atoms with E-state index in [1.54, 1.807) is 12.1 Å². The van der Waals surface area contributed by atoms with Gasteiger partial charge >= 0.3 is 5.97 Å². The largest absolute Gasteiger partial charge is 0.489 e. The zero-order valence-corrected chi connectivity index (χ0v) is 11.8. The van der Waals surface area contributed by atoms with Crippen molar-refractivity contribution in [1.82, 2.24) is 0 Å². The molecule has 2 aromatic rings. The number of carbonyl (C=O) groups is 1. The van der Waals surface area contributed by atoms with E-state index in [2.05, 4.69) is 0 Å². The van der Waals surface area contributed by atoms with Gasteiger partial charge in [0.1, 0.15) is 29.8 Å². The fourth-order valence-electron chi connectivity index (χ4n) is 2.36. The number of benzene rings is 2. The second kappa shape index (κ2) is 5.66. The smallest absolute Gasteiger partial charge is 0.341 e. The Morgan fingerprint density at radius 1 is 1.29 bits per heavy atom. The molecule has 0 bridgehead atoms. The quantitative estimate of drug-likeness (QED) is 0.940. The molecule has 0 amide bonds. The molecule has 1 unspecified atom stereocenters. The molecule has 21 heavy (non-hydrogen) atoms. The third-order valence-electron chi connectivity index (χ3n) is 3.33. The van der Waals surface area contributed by atoms with Crippen LogP contribution in [0.4, 0.5) is 0 Å². The summed E-state index contributed by atoms with van der Waals surface area (Å²) in [5.74, 6) is 0.0106. The van der Waals surface area contributed by atoms with E-state index in [4.69, 9.17) is 21.1 Å². The summed E-state index contributed by atoms with van der Waals surface area (Å²) < 4.78 is 11.4. The Bertz CT molecular complexity index is 659. The zero-order chi connectivity index (χ0) is 14.8. The van der Waals surface area contributed by atoms with E-state index in [-0.39, 0.29) is 29.0 Å². The average Bonchev–Trinajstić information content (AvgIpc) is 2.87. The SMILES string of the molecule is O=C(O)c1c(Cl)cccc1OCC1Cc2ccccc2O1. The molecule has 0 fully saturated rings. The number of hydrogen-bond donors (Lipinski definition) is 1. The number of aromatic carboxylic acids is 1. The number of carboxylic acid groups (broad SMARTS) is 1. The lowest BCUT2D eigenvalue weighted by Crippen LogP contribution is -2.23. The molecule has 0 saturated heterocycles. The number of ether oxygens (including phenoxy) is 2. The Hall–Kier alpha value is -2.20. The van der Waals surface area contributed by atoms with Crippen molar-refractivity contribution in [1.29, 1.82) is 0 Å². The van der Waals surface area contributed by atoms with Crippen LogP contribution < -0.4 is 9.47 Å². The van der Waals surface area contributed by atoms with E-state index in [0.29, 0.717) is 0 Å². The van der Waals surface area contributed by atoms with E-state index in [0.717, 1.165) is 17.7 Å². The molecule has 0 saturated carbocycles. The summed E-state index contributed by atoms with van der Waals surface area (Å²) in [6, 6.07) is 12.6. The highest BCUT2D eigenvalue weighted by molar-refractivity contribution is 6.33. The predicted molar refractivity (Wildman–Crippen MR) is 78.5 cm³/mol. The summed E-state index contributed by atoms with van der Waals surface area (Å²) >= 11 is 5.90. The second-order valence-corrected chi connectivity index (χ2v) is 5.19. The topological polar surface area (TPSA) is 55.8 Å². The highest BCUT2D eigenvalue weighted by Crippen LogP contribution is 2.30. The van der Waals surface area contributed by atoms with Crippen molar-refractivity contribution >= 4 is 17.6 Å². The van der Waals surface area contributed by atoms with Gasteiger partial charge in [-0.2, -0.15) is 0 Å². The molecule has 0 aliphatic carbocycles. The number of hydrogen-bond acceptors (Lipinski definition) is 3. The van der Waals surface area contributed by atoms with Crippen molar-refractivity contribution in [2.45, 2.75) is 12.5 Å². The fourth-order valence-corrected chi connectivity index (χ4v) is 2.61. The van der Waals surface area contributed by atoms with Gasteiger partial charge in [0, 0.05) is 6.42 Å². The minimum absolute atomic E-state index is 0.0188. The molecule has 5 heteroatoms. The summed E-state index contributed by atoms with van der Waals surface area (Å²) in [7, 11) is 0. The van der Waals surface area contributed by atoms with E-state index in [1.165, 1.54) is 6.07 Å². The van der Waals surface area contributed by atoms with Gasteiger partial charge in [0.05, 0.1) is 5.02 Å². The van der Waals surface area contributed by atoms with Crippen molar-refractivity contribution in [3.63, 3.8) is 0 Å². The number of fused-ring (bicyclic) bond motifs is 1. The summed E-state index contributed by atoms with van der Waals surface area (Å²) in [6.45, 7) is 0.273. The lowest BCUT2D eigenvalue weighted by atomic mass is 10.1. The first-order valence-corrected chi connectivity index (χ1v) is 6.92. The average molecular weight is 305 g/mol. The van der Waals surface area contributed by atoms with Gasteiger partial charge in [-0.05, 0) is 23.8 Å². The van der Waals surface area contributed by atoms with E-state index >= 15 is 0 Å². The van der Waals surface area contributed by atoms with E-state index in [1.807, 2.05) is 24.3 Å². The Morgan fingerprint density at radius 2 is 2.10 bits per heavy atom. The fraction of sp³-hybridized carbons (Fsp3) is 0.188. The zero-order valence-electron chi connectivity index (χ0n) is 11.1. The maximum absolute atomic E-state index is 11.2. The molecular weight excluding hydrogens is 292 g/mol. The summed E-state index contributed by atoms with van der Waals surface area (Å²) in [5, 5.41) is 9.35. The minimum Gasteiger partial charge on any atom is -0.489 e. The highest BCUT2D eigenvalue weighted by atomic mass is 35.5. The van der Waals surface area contributed by atoms with Gasteiger partial charge in [-0.1, -0.05) is 35.9 Å². The Labute approximate surface area is 126 Å². The van der Waals surface area contributed by atoms with Gasteiger partial charge in [-0.3, -0.25) is 0 Å². The third-order valence-corrected chi connectivity index (χ3v) is 3.64. The van der Waals surface area contributed by atoms with Crippen LogP contribution >= 0.6 is 11.6 Å². The van der Waals surface area contributed by atoms with Gasteiger partial charge < -0.3 is 14.6 Å². The van der Waals surface area contributed by atoms with E-state index < -0.39 is 5.97 Å². The minimum atomic E-state index is -1.11. The van der Waals surface area contributed by atoms with Gasteiger partial charge in [-0.25, -0.2) is 4.79 Å². The Balaban J connectivity index is 1.70. The molecule has 0 radical (unpaired) electrons. The molecule has 4 nitrogen and oxygen atoms in total. The van der Waals surface area contributed by atoms with Crippen LogP contribution in [0.5, 0.6) is 11.5 Å². The molecule has 1 heterocycles. The van der Waals surface area contributed by atoms with Crippen molar-refractivity contribution in [3.05, 3.63) is 58.6 Å². The summed E-state index contributed by atoms with van der Waals surface area (Å²) in [5.41, 5.74) is 1.12. The first-order chi connectivity index (χ1) is 10.1. The van der Waals surface area contributed by atoms with Crippen LogP contribution in [0, 0.1) is 0 Å². The summed E-state index contributed by atoms with van der Waals surface area (Å²) in [6.07, 6.45) is 0.627. The molecule has 1 aliphatic rings. The lowest BCUT2D eigenvalue weighted by Gasteiger charge is -2.14. The first-order valence-electron chi connectivity index (χ1n) is 6.54. The lowest BCUT2D eigenvalue weighted by molar-refractivity contribution is 0.0688. The molecule has 0 spiro atoms. The monoisotopic (exact) mass is 304 g/mol. The van der Waals surface area contributed by atoms with Crippen LogP contribution in [0.15, 0.2) is 42.5 Å². The van der Waals surface area contributed by atoms with Crippen molar-refractivity contribution < 1.29 is 19.4 Å². The Morgan fingerprint density at radius 3 is 2.86 bits per heavy atom. The van der Waals surface area contributed by atoms with Crippen LogP contribution in [0.2, 0.25) is 5.02 Å².